The first-order chi connectivity index (χ1) is 11.6. The summed E-state index contributed by atoms with van der Waals surface area (Å²) >= 11 is 0. The fraction of sp³-hybridized carbons (Fsp3) is 0.263. The maximum absolute atomic E-state index is 11.9. The van der Waals surface area contributed by atoms with E-state index in [1.807, 2.05) is 60.7 Å². The van der Waals surface area contributed by atoms with Gasteiger partial charge in [0.05, 0.1) is 6.54 Å². The number of carbonyl (C=O) groups is 2. The summed E-state index contributed by atoms with van der Waals surface area (Å²) in [6.07, 6.45) is 0. The number of benzene rings is 2. The smallest absolute Gasteiger partial charge is 0.323 e. The van der Waals surface area contributed by atoms with Crippen LogP contribution in [0.2, 0.25) is 0 Å². The molecule has 0 aromatic heterocycles. The van der Waals surface area contributed by atoms with E-state index in [4.69, 9.17) is 9.47 Å². The summed E-state index contributed by atoms with van der Waals surface area (Å²) in [7, 11) is 0. The first-order valence-electron chi connectivity index (χ1n) is 7.78. The van der Waals surface area contributed by atoms with Crippen molar-refractivity contribution in [2.75, 3.05) is 6.54 Å². The van der Waals surface area contributed by atoms with Gasteiger partial charge < -0.3 is 9.47 Å². The number of carbonyl (C=O) groups excluding carboxylic acids is 2. The van der Waals surface area contributed by atoms with Crippen LogP contribution in [0, 0.1) is 0 Å². The molecule has 5 nitrogen and oxygen atoms in total. The van der Waals surface area contributed by atoms with Crippen LogP contribution in [0.4, 0.5) is 0 Å². The number of nitrogens with one attached hydrogen (secondary N) is 1. The lowest BCUT2D eigenvalue weighted by Crippen LogP contribution is -2.38. The van der Waals surface area contributed by atoms with Gasteiger partial charge >= 0.3 is 11.9 Å². The van der Waals surface area contributed by atoms with Crippen LogP contribution in [0.1, 0.15) is 18.1 Å². The zero-order valence-electron chi connectivity index (χ0n) is 13.6. The Morgan fingerprint density at radius 2 is 1.38 bits per heavy atom. The summed E-state index contributed by atoms with van der Waals surface area (Å²) in [6, 6.07) is 18.3. The van der Waals surface area contributed by atoms with Crippen molar-refractivity contribution in [3.8, 4) is 0 Å². The Hall–Kier alpha value is -2.66. The van der Waals surface area contributed by atoms with Crippen LogP contribution in [0.5, 0.6) is 0 Å². The second kappa shape index (κ2) is 9.47. The average molecular weight is 327 g/mol. The van der Waals surface area contributed by atoms with Gasteiger partial charge in [-0.25, -0.2) is 0 Å². The van der Waals surface area contributed by atoms with Crippen LogP contribution in [0.15, 0.2) is 60.7 Å². The summed E-state index contributed by atoms with van der Waals surface area (Å²) < 4.78 is 10.3. The molecule has 0 radical (unpaired) electrons. The molecule has 24 heavy (non-hydrogen) atoms. The molecule has 0 amide bonds. The molecule has 0 bridgehead atoms. The Kier molecular flexibility index (Phi) is 6.98. The van der Waals surface area contributed by atoms with Crippen molar-refractivity contribution in [3.63, 3.8) is 0 Å². The molecule has 0 saturated carbocycles. The lowest BCUT2D eigenvalue weighted by Gasteiger charge is -2.13. The predicted molar refractivity (Wildman–Crippen MR) is 89.9 cm³/mol. The van der Waals surface area contributed by atoms with E-state index in [9.17, 15) is 9.59 Å². The third-order valence-electron chi connectivity index (χ3n) is 3.37. The monoisotopic (exact) mass is 327 g/mol. The van der Waals surface area contributed by atoms with Crippen LogP contribution in [-0.2, 0) is 32.3 Å². The number of rotatable bonds is 8. The molecule has 0 heterocycles. The van der Waals surface area contributed by atoms with Crippen molar-refractivity contribution < 1.29 is 19.1 Å². The van der Waals surface area contributed by atoms with Crippen molar-refractivity contribution >= 4 is 11.9 Å². The minimum Gasteiger partial charge on any atom is -0.460 e. The molecule has 1 unspecified atom stereocenters. The molecule has 5 heteroatoms. The fourth-order valence-corrected chi connectivity index (χ4v) is 1.96. The molecule has 0 spiro atoms. The predicted octanol–water partition coefficient (Wildman–Crippen LogP) is 2.45. The Labute approximate surface area is 141 Å². The lowest BCUT2D eigenvalue weighted by molar-refractivity contribution is -0.148. The first-order valence-corrected chi connectivity index (χ1v) is 7.78. The SMILES string of the molecule is CC(NCC(=O)OCc1ccccc1)C(=O)OCc1ccccc1. The largest absolute Gasteiger partial charge is 0.460 e. The van der Waals surface area contributed by atoms with Gasteiger partial charge in [-0.2, -0.15) is 0 Å². The zero-order chi connectivity index (χ0) is 17.2. The third kappa shape index (κ3) is 6.22. The Bertz CT molecular complexity index is 643. The van der Waals surface area contributed by atoms with Crippen LogP contribution >= 0.6 is 0 Å². The Balaban J connectivity index is 1.65. The highest BCUT2D eigenvalue weighted by molar-refractivity contribution is 5.77. The van der Waals surface area contributed by atoms with Gasteiger partial charge in [-0.05, 0) is 18.1 Å². The van der Waals surface area contributed by atoms with Crippen LogP contribution in [-0.4, -0.2) is 24.5 Å². The molecule has 2 aromatic rings. The highest BCUT2D eigenvalue weighted by Crippen LogP contribution is 2.02. The van der Waals surface area contributed by atoms with Gasteiger partial charge in [0.1, 0.15) is 19.3 Å². The second-order valence-corrected chi connectivity index (χ2v) is 5.34. The summed E-state index contributed by atoms with van der Waals surface area (Å²) in [6.45, 7) is 2.03. The average Bonchev–Trinajstić information content (AvgIpc) is 2.64. The molecular weight excluding hydrogens is 306 g/mol. The van der Waals surface area contributed by atoms with Gasteiger partial charge in [0.25, 0.3) is 0 Å². The fourth-order valence-electron chi connectivity index (χ4n) is 1.96. The van der Waals surface area contributed by atoms with Crippen molar-refractivity contribution in [2.24, 2.45) is 0 Å². The lowest BCUT2D eigenvalue weighted by atomic mass is 10.2. The van der Waals surface area contributed by atoms with E-state index in [0.29, 0.717) is 0 Å². The summed E-state index contributed by atoms with van der Waals surface area (Å²) in [4.78, 5) is 23.6. The molecular formula is C19H21NO4. The quantitative estimate of drug-likeness (QED) is 0.755. The first kappa shape index (κ1) is 17.7. The minimum absolute atomic E-state index is 0.0472. The number of hydrogen-bond acceptors (Lipinski definition) is 5. The molecule has 2 aromatic carbocycles. The van der Waals surface area contributed by atoms with E-state index < -0.39 is 18.0 Å². The van der Waals surface area contributed by atoms with Gasteiger partial charge in [0.2, 0.25) is 0 Å². The van der Waals surface area contributed by atoms with Crippen molar-refractivity contribution in [1.29, 1.82) is 0 Å². The van der Waals surface area contributed by atoms with Crippen LogP contribution < -0.4 is 5.32 Å². The molecule has 1 N–H and O–H groups in total. The molecule has 0 saturated heterocycles. The van der Waals surface area contributed by atoms with Gasteiger partial charge in [0, 0.05) is 0 Å². The molecule has 0 aliphatic heterocycles. The molecule has 126 valence electrons. The highest BCUT2D eigenvalue weighted by atomic mass is 16.5. The van der Waals surface area contributed by atoms with E-state index in [1.165, 1.54) is 0 Å². The number of hydrogen-bond donors (Lipinski definition) is 1. The Morgan fingerprint density at radius 3 is 1.92 bits per heavy atom. The summed E-state index contributed by atoms with van der Waals surface area (Å²) in [5.41, 5.74) is 1.83. The topological polar surface area (TPSA) is 64.6 Å². The summed E-state index contributed by atoms with van der Waals surface area (Å²) in [5.74, 6) is -0.823. The standard InChI is InChI=1S/C19H21NO4/c1-15(19(22)24-14-17-10-6-3-7-11-17)20-12-18(21)23-13-16-8-4-2-5-9-16/h2-11,15,20H,12-14H2,1H3. The Morgan fingerprint density at radius 1 is 0.875 bits per heavy atom. The van der Waals surface area contributed by atoms with E-state index in [2.05, 4.69) is 5.32 Å². The van der Waals surface area contributed by atoms with Crippen molar-refractivity contribution in [2.45, 2.75) is 26.2 Å². The van der Waals surface area contributed by atoms with E-state index in [-0.39, 0.29) is 19.8 Å². The van der Waals surface area contributed by atoms with Crippen LogP contribution in [0.3, 0.4) is 0 Å². The highest BCUT2D eigenvalue weighted by Gasteiger charge is 2.15. The van der Waals surface area contributed by atoms with Gasteiger partial charge in [-0.15, -0.1) is 0 Å². The molecule has 1 atom stereocenters. The van der Waals surface area contributed by atoms with E-state index in [0.717, 1.165) is 11.1 Å². The maximum Gasteiger partial charge on any atom is 0.323 e. The third-order valence-corrected chi connectivity index (χ3v) is 3.37. The van der Waals surface area contributed by atoms with E-state index >= 15 is 0 Å². The molecule has 2 rings (SSSR count). The van der Waals surface area contributed by atoms with Gasteiger partial charge in [0.15, 0.2) is 0 Å². The van der Waals surface area contributed by atoms with Crippen molar-refractivity contribution in [1.82, 2.24) is 5.32 Å². The van der Waals surface area contributed by atoms with Gasteiger partial charge in [-0.1, -0.05) is 60.7 Å². The summed E-state index contributed by atoms with van der Waals surface area (Å²) in [5, 5.41) is 2.81. The molecule has 0 aliphatic rings. The zero-order valence-corrected chi connectivity index (χ0v) is 13.6. The normalized spacial score (nSPS) is 11.5. The molecule has 0 fully saturated rings. The van der Waals surface area contributed by atoms with Gasteiger partial charge in [-0.3, -0.25) is 14.9 Å². The number of ether oxygens (including phenoxy) is 2. The number of esters is 2. The second-order valence-electron chi connectivity index (χ2n) is 5.34. The van der Waals surface area contributed by atoms with E-state index in [1.54, 1.807) is 6.92 Å². The van der Waals surface area contributed by atoms with Crippen LogP contribution in [0.25, 0.3) is 0 Å². The minimum atomic E-state index is -0.585. The maximum atomic E-state index is 11.9. The van der Waals surface area contributed by atoms with Crippen molar-refractivity contribution in [3.05, 3.63) is 71.8 Å². The molecule has 0 aliphatic carbocycles.